The number of nitrogens with one attached hydrogen (secondary N) is 10. The largest absolute Gasteiger partial charge is 0.481 e. The molecule has 1 rings (SSSR count). The first kappa shape index (κ1) is 75.1. The number of hydrogen-bond donors (Lipinski definition) is 21. The van der Waals surface area contributed by atoms with Crippen LogP contribution in [0.15, 0.2) is 0 Å². The highest BCUT2D eigenvalue weighted by molar-refractivity contribution is 7.80. The fourth-order valence-corrected chi connectivity index (χ4v) is 8.40. The average molecular weight is 1250 g/mol. The number of carboxylic acids is 2. The predicted octanol–water partition coefficient (Wildman–Crippen LogP) is -11.0. The minimum absolute atomic E-state index is 0.0381. The Morgan fingerprint density at radius 2 is 0.882 bits per heavy atom. The van der Waals surface area contributed by atoms with Gasteiger partial charge in [0.1, 0.15) is 66.5 Å². The van der Waals surface area contributed by atoms with Gasteiger partial charge in [-0.2, -0.15) is 25.3 Å². The molecule has 1 aliphatic heterocycles. The second kappa shape index (κ2) is 38.1. The summed E-state index contributed by atoms with van der Waals surface area (Å²) in [6.45, 7) is -0.760. The molecular weight excluding hydrogens is 1170 g/mol. The Kier molecular flexibility index (Phi) is 33.6. The zero-order chi connectivity index (χ0) is 64.8. The van der Waals surface area contributed by atoms with Crippen LogP contribution in [0.4, 0.5) is 0 Å². The van der Waals surface area contributed by atoms with Gasteiger partial charge < -0.3 is 107 Å². The molecule has 0 spiro atoms. The van der Waals surface area contributed by atoms with Gasteiger partial charge in [-0.25, -0.2) is 4.79 Å². The van der Waals surface area contributed by atoms with Crippen LogP contribution in [-0.2, 0) is 76.7 Å². The van der Waals surface area contributed by atoms with Crippen molar-refractivity contribution in [1.29, 1.82) is 0 Å². The Morgan fingerprint density at radius 1 is 0.506 bits per heavy atom. The first-order valence-electron chi connectivity index (χ1n) is 26.3. The van der Waals surface area contributed by atoms with E-state index in [0.29, 0.717) is 6.42 Å². The fraction of sp³-hybridized carbons (Fsp3) is 0.660. The quantitative estimate of drug-likeness (QED) is 0.0253. The lowest BCUT2D eigenvalue weighted by molar-refractivity contribution is -0.144. The highest BCUT2D eigenvalue weighted by atomic mass is 32.1. The SMILES string of the molecule is CC[C@H](C)[C@H](NC(=O)CN)C(=O)N[C@@H](CO)C(=O)N[C@@H](CCC(=O)O)C(=O)N[C@@H](CS)C(=O)N[C@@H](CO)C(=O)N[C@@H](CO)C(=O)N[C@@H](CCC(N)=O)C(=O)N1CCC[C@H]1C(=O)N[C@@H](CS)C(=O)N[C@@H](CCC(N)=O)C(=O)N[C@@H](CC(N)=O)C(=O)O. The Labute approximate surface area is 496 Å². The lowest BCUT2D eigenvalue weighted by Gasteiger charge is -2.30. The molecule has 0 radical (unpaired) electrons. The number of aliphatic carboxylic acids is 2. The molecule has 85 heavy (non-hydrogen) atoms. The Hall–Kier alpha value is -7.94. The highest BCUT2D eigenvalue weighted by Gasteiger charge is 2.41. The van der Waals surface area contributed by atoms with Gasteiger partial charge in [-0.1, -0.05) is 20.3 Å². The number of carbonyl (C=O) groups excluding carboxylic acids is 14. The molecule has 0 aromatic rings. The molecule has 14 amide bonds. The molecule has 1 aliphatic rings. The van der Waals surface area contributed by atoms with Gasteiger partial charge in [0.2, 0.25) is 82.7 Å². The van der Waals surface area contributed by atoms with E-state index in [0.717, 1.165) is 4.90 Å². The molecule has 0 aromatic carbocycles. The van der Waals surface area contributed by atoms with Crippen LogP contribution in [-0.4, -0.2) is 236 Å². The summed E-state index contributed by atoms with van der Waals surface area (Å²) in [4.78, 5) is 206. The van der Waals surface area contributed by atoms with E-state index in [1.54, 1.807) is 13.8 Å². The molecule has 1 saturated heterocycles. The van der Waals surface area contributed by atoms with E-state index >= 15 is 0 Å². The third-order valence-electron chi connectivity index (χ3n) is 12.8. The van der Waals surface area contributed by atoms with Gasteiger partial charge in [-0.05, 0) is 38.0 Å². The van der Waals surface area contributed by atoms with E-state index in [2.05, 4.69) is 73.1 Å². The monoisotopic (exact) mass is 1250 g/mol. The van der Waals surface area contributed by atoms with Crippen LogP contribution in [0, 0.1) is 5.92 Å². The molecule has 38 heteroatoms. The number of thiol groups is 2. The van der Waals surface area contributed by atoms with Gasteiger partial charge in [-0.15, -0.1) is 0 Å². The average Bonchev–Trinajstić information content (AvgIpc) is 3.18. The van der Waals surface area contributed by atoms with Gasteiger partial charge in [-0.3, -0.25) is 71.9 Å². The fourth-order valence-electron chi connectivity index (χ4n) is 7.88. The normalized spacial score (nSPS) is 16.6. The Bertz CT molecular complexity index is 2450. The van der Waals surface area contributed by atoms with E-state index in [1.807, 2.05) is 5.32 Å². The van der Waals surface area contributed by atoms with Gasteiger partial charge in [0.25, 0.3) is 0 Å². The van der Waals surface area contributed by atoms with Gasteiger partial charge >= 0.3 is 11.9 Å². The molecule has 36 nitrogen and oxygen atoms in total. The molecule has 0 aromatic heterocycles. The van der Waals surface area contributed by atoms with Crippen molar-refractivity contribution in [1.82, 2.24) is 58.1 Å². The topological polar surface area (TPSA) is 602 Å². The van der Waals surface area contributed by atoms with Crippen molar-refractivity contribution in [3.05, 3.63) is 0 Å². The number of nitrogens with zero attached hydrogens (tertiary/aromatic N) is 1. The summed E-state index contributed by atoms with van der Waals surface area (Å²) in [5, 5.41) is 71.3. The number of carboxylic acid groups (broad SMARTS) is 2. The number of carbonyl (C=O) groups is 16. The van der Waals surface area contributed by atoms with E-state index in [9.17, 15) is 102 Å². The smallest absolute Gasteiger partial charge is 0.326 e. The molecule has 0 aliphatic carbocycles. The van der Waals surface area contributed by atoms with Gasteiger partial charge in [0.05, 0.1) is 32.8 Å². The number of nitrogens with two attached hydrogens (primary N) is 4. The van der Waals surface area contributed by atoms with Crippen molar-refractivity contribution in [2.24, 2.45) is 28.9 Å². The molecule has 0 unspecified atom stereocenters. The molecular formula is C47H77N15O21S2. The van der Waals surface area contributed by atoms with Crippen molar-refractivity contribution in [3.8, 4) is 0 Å². The van der Waals surface area contributed by atoms with Crippen molar-refractivity contribution < 1.29 is 102 Å². The van der Waals surface area contributed by atoms with Gasteiger partial charge in [0, 0.05) is 37.3 Å². The minimum Gasteiger partial charge on any atom is -0.481 e. The molecule has 0 bridgehead atoms. The predicted molar refractivity (Wildman–Crippen MR) is 297 cm³/mol. The molecule has 23 N–H and O–H groups in total. The second-order valence-corrected chi connectivity index (χ2v) is 20.0. The van der Waals surface area contributed by atoms with Crippen molar-refractivity contribution in [3.63, 3.8) is 0 Å². The van der Waals surface area contributed by atoms with Crippen molar-refractivity contribution in [2.75, 3.05) is 44.4 Å². The van der Waals surface area contributed by atoms with Crippen LogP contribution >= 0.6 is 25.3 Å². The van der Waals surface area contributed by atoms with E-state index in [4.69, 9.17) is 22.9 Å². The standard InChI is InChI=1S/C47H77N15O21S2/c1-3-20(2)36(61-34(69)14-48)45(80)58-27(17-65)39(74)52-22(8-11-35(70)71)38(73)59-28(18-84)43(78)57-26(16-64)41(76)56-25(15-63)40(75)54-23(7-10-32(50)67)46(81)62-12-4-5-30(62)44(79)60-29(19-85)42(77)53-21(6-9-31(49)66)37(72)55-24(47(82)83)13-33(51)68/h20-30,36,63-65,84-85H,3-19,48H2,1-2H3,(H2,49,66)(H2,50,67)(H2,51,68)(H,52,74)(H,53,77)(H,54,75)(H,55,72)(H,56,76)(H,57,78)(H,58,80)(H,59,73)(H,60,79)(H,61,69)(H,70,71)(H,82,83)/t20-,21-,22-,23-,24-,25-,26-,27-,28-,29-,30-,36-/m0/s1. The second-order valence-electron chi connectivity index (χ2n) is 19.2. The number of likely N-dealkylation sites (tertiary alicyclic amines) is 1. The first-order chi connectivity index (χ1) is 39.9. The summed E-state index contributed by atoms with van der Waals surface area (Å²) >= 11 is 8.14. The molecule has 0 saturated carbocycles. The first-order valence-corrected chi connectivity index (χ1v) is 27.6. The van der Waals surface area contributed by atoms with E-state index < -0.39 is 250 Å². The summed E-state index contributed by atoms with van der Waals surface area (Å²) in [5.74, 6) is -19.7. The van der Waals surface area contributed by atoms with Crippen LogP contribution in [0.5, 0.6) is 0 Å². The lowest BCUT2D eigenvalue weighted by atomic mass is 9.98. The van der Waals surface area contributed by atoms with Crippen molar-refractivity contribution >= 4 is 120 Å². The number of aliphatic hydroxyl groups is 3. The lowest BCUT2D eigenvalue weighted by Crippen LogP contribution is -2.62. The van der Waals surface area contributed by atoms with Gasteiger partial charge in [0.15, 0.2) is 0 Å². The third kappa shape index (κ3) is 25.8. The zero-order valence-electron chi connectivity index (χ0n) is 46.4. The molecule has 12 atom stereocenters. The summed E-state index contributed by atoms with van der Waals surface area (Å²) in [6.07, 6.45) is -3.74. The number of rotatable bonds is 40. The van der Waals surface area contributed by atoms with Crippen LogP contribution in [0.25, 0.3) is 0 Å². The van der Waals surface area contributed by atoms with Crippen LogP contribution in [0.2, 0.25) is 0 Å². The zero-order valence-corrected chi connectivity index (χ0v) is 48.2. The van der Waals surface area contributed by atoms with Crippen LogP contribution < -0.4 is 76.1 Å². The summed E-state index contributed by atoms with van der Waals surface area (Å²) in [7, 11) is 0. The number of primary amides is 3. The maximum Gasteiger partial charge on any atom is 0.326 e. The maximum absolute atomic E-state index is 14.1. The minimum atomic E-state index is -1.97. The summed E-state index contributed by atoms with van der Waals surface area (Å²) in [5.41, 5.74) is 20.9. The van der Waals surface area contributed by atoms with Crippen molar-refractivity contribution in [2.45, 2.75) is 145 Å². The van der Waals surface area contributed by atoms with Crippen LogP contribution in [0.1, 0.15) is 78.1 Å². The number of hydrogen-bond acceptors (Lipinski definition) is 22. The summed E-state index contributed by atoms with van der Waals surface area (Å²) < 4.78 is 0. The van der Waals surface area contributed by atoms with E-state index in [-0.39, 0.29) is 19.4 Å². The highest BCUT2D eigenvalue weighted by Crippen LogP contribution is 2.21. The Morgan fingerprint density at radius 3 is 1.28 bits per heavy atom. The molecule has 1 fully saturated rings. The summed E-state index contributed by atoms with van der Waals surface area (Å²) in [6, 6.07) is -18.5. The number of aliphatic hydroxyl groups excluding tert-OH is 3. The molecule has 1 heterocycles. The third-order valence-corrected chi connectivity index (χ3v) is 13.6. The maximum atomic E-state index is 14.1. The molecule has 478 valence electrons. The van der Waals surface area contributed by atoms with E-state index in [1.165, 1.54) is 0 Å². The Balaban J connectivity index is 3.27. The number of amides is 14. The van der Waals surface area contributed by atoms with Crippen LogP contribution in [0.3, 0.4) is 0 Å².